The van der Waals surface area contributed by atoms with E-state index in [4.69, 9.17) is 15.3 Å². The van der Waals surface area contributed by atoms with Crippen molar-refractivity contribution < 1.29 is 9.47 Å². The lowest BCUT2D eigenvalue weighted by molar-refractivity contribution is 0.169. The summed E-state index contributed by atoms with van der Waals surface area (Å²) in [5, 5.41) is 0. The molecule has 4 nitrogen and oxygen atoms in total. The normalized spacial score (nSPS) is 19.9. The van der Waals surface area contributed by atoms with Gasteiger partial charge in [-0.15, -0.1) is 0 Å². The lowest BCUT2D eigenvalue weighted by Crippen LogP contribution is -2.30. The van der Waals surface area contributed by atoms with E-state index in [2.05, 4.69) is 17.6 Å². The second-order valence-corrected chi connectivity index (χ2v) is 5.35. The molecule has 0 fully saturated rings. The lowest BCUT2D eigenvalue weighted by atomic mass is 9.94. The Bertz CT molecular complexity index is 499. The molecule has 2 aliphatic rings. The Morgan fingerprint density at radius 2 is 2.00 bits per heavy atom. The van der Waals surface area contributed by atoms with Crippen LogP contribution in [-0.2, 0) is 0 Å². The van der Waals surface area contributed by atoms with Crippen molar-refractivity contribution in [2.45, 2.75) is 38.1 Å². The summed E-state index contributed by atoms with van der Waals surface area (Å²) in [5.74, 6) is 7.49. The Hall–Kier alpha value is -1.52. The van der Waals surface area contributed by atoms with Crippen LogP contribution in [-0.4, -0.2) is 13.2 Å². The van der Waals surface area contributed by atoms with E-state index >= 15 is 0 Å². The van der Waals surface area contributed by atoms with Gasteiger partial charge in [-0.1, -0.05) is 30.2 Å². The number of nitrogens with two attached hydrogens (primary N) is 1. The Morgan fingerprint density at radius 3 is 2.90 bits per heavy atom. The summed E-state index contributed by atoms with van der Waals surface area (Å²) in [4.78, 5) is 0. The molecule has 0 amide bonds. The van der Waals surface area contributed by atoms with Crippen LogP contribution in [0, 0.1) is 0 Å². The minimum absolute atomic E-state index is 0.0183. The molecule has 0 bridgehead atoms. The van der Waals surface area contributed by atoms with E-state index in [9.17, 15) is 0 Å². The molecular formula is C16H22N2O2. The zero-order valence-corrected chi connectivity index (χ0v) is 11.7. The molecule has 1 aliphatic carbocycles. The van der Waals surface area contributed by atoms with Crippen molar-refractivity contribution >= 4 is 0 Å². The number of fused-ring (bicyclic) bond motifs is 1. The second kappa shape index (κ2) is 6.29. The van der Waals surface area contributed by atoms with Crippen LogP contribution >= 0.6 is 0 Å². The maximum atomic E-state index is 5.83. The van der Waals surface area contributed by atoms with Crippen molar-refractivity contribution in [3.05, 3.63) is 35.4 Å². The predicted molar refractivity (Wildman–Crippen MR) is 78.7 cm³/mol. The number of hydrogen-bond donors (Lipinski definition) is 2. The fourth-order valence-electron chi connectivity index (χ4n) is 3.02. The van der Waals surface area contributed by atoms with E-state index in [-0.39, 0.29) is 6.04 Å². The maximum absolute atomic E-state index is 5.83. The number of rotatable bonds is 3. The molecule has 1 aromatic carbocycles. The molecule has 0 saturated heterocycles. The van der Waals surface area contributed by atoms with Gasteiger partial charge < -0.3 is 9.47 Å². The van der Waals surface area contributed by atoms with Gasteiger partial charge in [0.1, 0.15) is 13.2 Å². The highest BCUT2D eigenvalue weighted by atomic mass is 16.6. The second-order valence-electron chi connectivity index (χ2n) is 5.35. The van der Waals surface area contributed by atoms with Crippen molar-refractivity contribution in [1.82, 2.24) is 5.43 Å². The van der Waals surface area contributed by atoms with Gasteiger partial charge in [-0.3, -0.25) is 5.84 Å². The quantitative estimate of drug-likeness (QED) is 0.505. The molecule has 3 rings (SSSR count). The topological polar surface area (TPSA) is 56.5 Å². The predicted octanol–water partition coefficient (Wildman–Crippen LogP) is 2.85. The molecule has 0 spiro atoms. The standard InChI is InChI=1S/C16H22N2O2/c17-18-15(12-6-3-1-2-4-7-12)13-8-5-9-14-16(13)20-11-10-19-14/h5-6,8-9,15,18H,1-4,7,10-11,17H2. The smallest absolute Gasteiger partial charge is 0.166 e. The van der Waals surface area contributed by atoms with Crippen LogP contribution < -0.4 is 20.7 Å². The summed E-state index contributed by atoms with van der Waals surface area (Å²) in [6.45, 7) is 1.21. The minimum atomic E-state index is 0.0183. The van der Waals surface area contributed by atoms with Crippen LogP contribution in [0.15, 0.2) is 29.8 Å². The van der Waals surface area contributed by atoms with E-state index in [0.29, 0.717) is 13.2 Å². The molecular weight excluding hydrogens is 252 g/mol. The van der Waals surface area contributed by atoms with Gasteiger partial charge in [-0.05, 0) is 31.7 Å². The maximum Gasteiger partial charge on any atom is 0.166 e. The monoisotopic (exact) mass is 274 g/mol. The largest absolute Gasteiger partial charge is 0.486 e. The molecule has 1 unspecified atom stereocenters. The SMILES string of the molecule is NNC(C1=CCCCCC1)c1cccc2c1OCCO2. The third-order valence-corrected chi connectivity index (χ3v) is 4.02. The van der Waals surface area contributed by atoms with Crippen molar-refractivity contribution in [1.29, 1.82) is 0 Å². The number of para-hydroxylation sites is 1. The van der Waals surface area contributed by atoms with Gasteiger partial charge in [0.25, 0.3) is 0 Å². The summed E-state index contributed by atoms with van der Waals surface area (Å²) >= 11 is 0. The molecule has 1 aromatic rings. The van der Waals surface area contributed by atoms with E-state index in [1.165, 1.54) is 24.8 Å². The molecule has 3 N–H and O–H groups in total. The zero-order chi connectivity index (χ0) is 13.8. The van der Waals surface area contributed by atoms with Gasteiger partial charge >= 0.3 is 0 Å². The highest BCUT2D eigenvalue weighted by Crippen LogP contribution is 2.40. The van der Waals surface area contributed by atoms with Crippen molar-refractivity contribution in [3.8, 4) is 11.5 Å². The first-order chi connectivity index (χ1) is 9.90. The third kappa shape index (κ3) is 2.67. The molecule has 108 valence electrons. The van der Waals surface area contributed by atoms with Crippen LogP contribution in [0.2, 0.25) is 0 Å². The lowest BCUT2D eigenvalue weighted by Gasteiger charge is -2.26. The highest BCUT2D eigenvalue weighted by molar-refractivity contribution is 5.51. The van der Waals surface area contributed by atoms with Gasteiger partial charge in [0.2, 0.25) is 0 Å². The van der Waals surface area contributed by atoms with Gasteiger partial charge in [-0.25, -0.2) is 5.43 Å². The number of allylic oxidation sites excluding steroid dienone is 1. The first kappa shape index (κ1) is 13.5. The minimum Gasteiger partial charge on any atom is -0.486 e. The van der Waals surface area contributed by atoms with Crippen LogP contribution in [0.5, 0.6) is 11.5 Å². The Morgan fingerprint density at radius 1 is 1.10 bits per heavy atom. The van der Waals surface area contributed by atoms with Crippen LogP contribution in [0.25, 0.3) is 0 Å². The molecule has 20 heavy (non-hydrogen) atoms. The summed E-state index contributed by atoms with van der Waals surface area (Å²) in [5.41, 5.74) is 5.41. The van der Waals surface area contributed by atoms with Crippen LogP contribution in [0.1, 0.15) is 43.7 Å². The number of benzene rings is 1. The van der Waals surface area contributed by atoms with E-state index in [0.717, 1.165) is 29.9 Å². The van der Waals surface area contributed by atoms with Crippen molar-refractivity contribution in [2.75, 3.05) is 13.2 Å². The third-order valence-electron chi connectivity index (χ3n) is 4.02. The molecule has 4 heteroatoms. The first-order valence-corrected chi connectivity index (χ1v) is 7.43. The Labute approximate surface area is 119 Å². The summed E-state index contributed by atoms with van der Waals surface area (Å²) in [6, 6.07) is 6.05. The average Bonchev–Trinajstić information content (AvgIpc) is 2.78. The highest BCUT2D eigenvalue weighted by Gasteiger charge is 2.24. The van der Waals surface area contributed by atoms with Crippen molar-refractivity contribution in [3.63, 3.8) is 0 Å². The number of hydrazine groups is 1. The van der Waals surface area contributed by atoms with Crippen molar-refractivity contribution in [2.24, 2.45) is 5.84 Å². The Balaban J connectivity index is 1.94. The zero-order valence-electron chi connectivity index (χ0n) is 11.7. The van der Waals surface area contributed by atoms with Gasteiger partial charge in [-0.2, -0.15) is 0 Å². The van der Waals surface area contributed by atoms with E-state index < -0.39 is 0 Å². The molecule has 1 aliphatic heterocycles. The van der Waals surface area contributed by atoms with Crippen LogP contribution in [0.3, 0.4) is 0 Å². The fourth-order valence-corrected chi connectivity index (χ4v) is 3.02. The first-order valence-electron chi connectivity index (χ1n) is 7.43. The van der Waals surface area contributed by atoms with Gasteiger partial charge in [0, 0.05) is 5.56 Å². The van der Waals surface area contributed by atoms with Gasteiger partial charge in [0.15, 0.2) is 11.5 Å². The molecule has 1 heterocycles. The number of hydrogen-bond acceptors (Lipinski definition) is 4. The molecule has 0 saturated carbocycles. The number of ether oxygens (including phenoxy) is 2. The molecule has 0 aromatic heterocycles. The summed E-state index contributed by atoms with van der Waals surface area (Å²) in [7, 11) is 0. The summed E-state index contributed by atoms with van der Waals surface area (Å²) in [6.07, 6.45) is 8.37. The number of nitrogens with one attached hydrogen (secondary N) is 1. The van der Waals surface area contributed by atoms with E-state index in [1.54, 1.807) is 0 Å². The fraction of sp³-hybridized carbons (Fsp3) is 0.500. The average molecular weight is 274 g/mol. The Kier molecular flexibility index (Phi) is 4.23. The molecule has 0 radical (unpaired) electrons. The summed E-state index contributed by atoms with van der Waals surface area (Å²) < 4.78 is 11.5. The molecule has 1 atom stereocenters. The van der Waals surface area contributed by atoms with Crippen LogP contribution in [0.4, 0.5) is 0 Å². The van der Waals surface area contributed by atoms with Gasteiger partial charge in [0.05, 0.1) is 6.04 Å². The van der Waals surface area contributed by atoms with E-state index in [1.807, 2.05) is 12.1 Å².